The van der Waals surface area contributed by atoms with E-state index >= 15 is 0 Å². The first-order chi connectivity index (χ1) is 13.5. The molecule has 29 heavy (non-hydrogen) atoms. The van der Waals surface area contributed by atoms with Gasteiger partial charge in [-0.25, -0.2) is 4.99 Å². The fraction of sp³-hybridized carbons (Fsp3) is 0.381. The predicted molar refractivity (Wildman–Crippen MR) is 128 cm³/mol. The van der Waals surface area contributed by atoms with E-state index in [-0.39, 0.29) is 30.0 Å². The third-order valence-electron chi connectivity index (χ3n) is 4.46. The van der Waals surface area contributed by atoms with E-state index in [4.69, 9.17) is 19.9 Å². The lowest BCUT2D eigenvalue weighted by Gasteiger charge is -2.25. The Morgan fingerprint density at radius 2 is 1.76 bits per heavy atom. The van der Waals surface area contributed by atoms with Crippen LogP contribution in [0.4, 0.5) is 0 Å². The lowest BCUT2D eigenvalue weighted by Crippen LogP contribution is -2.38. The van der Waals surface area contributed by atoms with Crippen LogP contribution in [0.25, 0.3) is 0 Å². The van der Waals surface area contributed by atoms with Crippen molar-refractivity contribution in [2.45, 2.75) is 12.6 Å². The van der Waals surface area contributed by atoms with Crippen LogP contribution in [0.1, 0.15) is 17.2 Å². The number of hydrogen-bond acceptors (Lipinski definition) is 5. The average Bonchev–Trinajstić information content (AvgIpc) is 2.72. The van der Waals surface area contributed by atoms with Crippen LogP contribution in [0.15, 0.2) is 47.5 Å². The van der Waals surface area contributed by atoms with Gasteiger partial charge in [0.2, 0.25) is 0 Å². The van der Waals surface area contributed by atoms with E-state index < -0.39 is 0 Å². The van der Waals surface area contributed by atoms with Crippen molar-refractivity contribution in [2.24, 2.45) is 10.7 Å². The summed E-state index contributed by atoms with van der Waals surface area (Å²) in [6.07, 6.45) is 0. The van der Waals surface area contributed by atoms with Crippen LogP contribution >= 0.6 is 24.0 Å². The third-order valence-corrected chi connectivity index (χ3v) is 4.46. The molecule has 0 heterocycles. The molecule has 2 rings (SSSR count). The Kier molecular flexibility index (Phi) is 10.6. The standard InChI is InChI=1S/C21H30N4O3.HI/c1-25(2)18(16-7-6-8-17(12-16)26-3)14-24-21(22)23-13-15-9-10-19(27-4)20(11-15)28-5;/h6-12,18H,13-14H2,1-5H3,(H3,22,23,24);1H. The second kappa shape index (κ2) is 12.4. The topological polar surface area (TPSA) is 81.3 Å². The predicted octanol–water partition coefficient (Wildman–Crippen LogP) is 3.04. The van der Waals surface area contributed by atoms with Gasteiger partial charge >= 0.3 is 0 Å². The van der Waals surface area contributed by atoms with Crippen molar-refractivity contribution in [3.8, 4) is 17.2 Å². The van der Waals surface area contributed by atoms with Crippen LogP contribution in [0.2, 0.25) is 0 Å². The van der Waals surface area contributed by atoms with Gasteiger partial charge in [0.05, 0.1) is 33.9 Å². The van der Waals surface area contributed by atoms with Gasteiger partial charge in [0.15, 0.2) is 17.5 Å². The molecular weight excluding hydrogens is 483 g/mol. The maximum absolute atomic E-state index is 6.07. The summed E-state index contributed by atoms with van der Waals surface area (Å²) in [5, 5.41) is 3.21. The van der Waals surface area contributed by atoms with Gasteiger partial charge in [0.25, 0.3) is 0 Å². The lowest BCUT2D eigenvalue weighted by molar-refractivity contribution is 0.297. The summed E-state index contributed by atoms with van der Waals surface area (Å²) >= 11 is 0. The van der Waals surface area contributed by atoms with Crippen LogP contribution in [-0.4, -0.2) is 52.8 Å². The van der Waals surface area contributed by atoms with Crippen molar-refractivity contribution in [1.82, 2.24) is 10.2 Å². The summed E-state index contributed by atoms with van der Waals surface area (Å²) in [6, 6.07) is 13.9. The molecule has 0 aliphatic heterocycles. The number of methoxy groups -OCH3 is 3. The smallest absolute Gasteiger partial charge is 0.188 e. The van der Waals surface area contributed by atoms with Crippen LogP contribution in [0.5, 0.6) is 17.2 Å². The number of halogens is 1. The van der Waals surface area contributed by atoms with Crippen molar-refractivity contribution in [3.63, 3.8) is 0 Å². The molecule has 0 radical (unpaired) electrons. The Balaban J connectivity index is 0.00000420. The molecule has 0 saturated heterocycles. The minimum absolute atomic E-state index is 0. The maximum atomic E-state index is 6.07. The molecule has 3 N–H and O–H groups in total. The number of nitrogens with zero attached hydrogens (tertiary/aromatic N) is 2. The van der Waals surface area contributed by atoms with Crippen LogP contribution in [0.3, 0.4) is 0 Å². The molecular formula is C21H31IN4O3. The molecule has 160 valence electrons. The number of rotatable bonds is 9. The lowest BCUT2D eigenvalue weighted by atomic mass is 10.1. The first-order valence-corrected chi connectivity index (χ1v) is 9.03. The zero-order chi connectivity index (χ0) is 20.5. The molecule has 0 spiro atoms. The molecule has 8 heteroatoms. The average molecular weight is 514 g/mol. The molecule has 0 aliphatic carbocycles. The maximum Gasteiger partial charge on any atom is 0.188 e. The first kappa shape index (κ1) is 24.8. The summed E-state index contributed by atoms with van der Waals surface area (Å²) in [5.41, 5.74) is 8.20. The van der Waals surface area contributed by atoms with E-state index in [1.165, 1.54) is 0 Å². The van der Waals surface area contributed by atoms with Gasteiger partial charge in [-0.15, -0.1) is 24.0 Å². The monoisotopic (exact) mass is 514 g/mol. The molecule has 2 aromatic carbocycles. The summed E-state index contributed by atoms with van der Waals surface area (Å²) in [4.78, 5) is 6.56. The highest BCUT2D eigenvalue weighted by Gasteiger charge is 2.15. The third kappa shape index (κ3) is 7.28. The highest BCUT2D eigenvalue weighted by molar-refractivity contribution is 14.0. The van der Waals surface area contributed by atoms with Crippen molar-refractivity contribution in [2.75, 3.05) is 42.0 Å². The van der Waals surface area contributed by atoms with Crippen molar-refractivity contribution < 1.29 is 14.2 Å². The van der Waals surface area contributed by atoms with Gasteiger partial charge in [-0.3, -0.25) is 0 Å². The Morgan fingerprint density at radius 1 is 1.03 bits per heavy atom. The Labute approximate surface area is 190 Å². The molecule has 0 aliphatic rings. The van der Waals surface area contributed by atoms with Crippen LogP contribution in [-0.2, 0) is 6.54 Å². The zero-order valence-corrected chi connectivity index (χ0v) is 20.0. The van der Waals surface area contributed by atoms with Crippen molar-refractivity contribution >= 4 is 29.9 Å². The summed E-state index contributed by atoms with van der Waals surface area (Å²) in [5.74, 6) is 2.59. The van der Waals surface area contributed by atoms with E-state index in [1.807, 2.05) is 50.5 Å². The summed E-state index contributed by atoms with van der Waals surface area (Å²) in [7, 11) is 8.95. The van der Waals surface area contributed by atoms with Gasteiger partial charge < -0.3 is 30.2 Å². The Bertz CT molecular complexity index is 799. The number of nitrogens with one attached hydrogen (secondary N) is 1. The Morgan fingerprint density at radius 3 is 2.38 bits per heavy atom. The number of guanidine groups is 1. The minimum atomic E-state index is 0. The molecule has 0 aromatic heterocycles. The minimum Gasteiger partial charge on any atom is -0.497 e. The molecule has 7 nitrogen and oxygen atoms in total. The van der Waals surface area contributed by atoms with E-state index in [2.05, 4.69) is 21.3 Å². The largest absolute Gasteiger partial charge is 0.497 e. The number of hydrogen-bond donors (Lipinski definition) is 2. The summed E-state index contributed by atoms with van der Waals surface area (Å²) < 4.78 is 15.9. The van der Waals surface area contributed by atoms with Crippen LogP contribution < -0.4 is 25.3 Å². The second-order valence-electron chi connectivity index (χ2n) is 6.53. The van der Waals surface area contributed by atoms with Gasteiger partial charge in [-0.1, -0.05) is 18.2 Å². The van der Waals surface area contributed by atoms with E-state index in [1.54, 1.807) is 21.3 Å². The fourth-order valence-electron chi connectivity index (χ4n) is 2.86. The molecule has 0 saturated carbocycles. The second-order valence-corrected chi connectivity index (χ2v) is 6.53. The highest BCUT2D eigenvalue weighted by Crippen LogP contribution is 2.27. The number of ether oxygens (including phenoxy) is 3. The molecule has 1 unspecified atom stereocenters. The molecule has 0 bridgehead atoms. The SMILES string of the molecule is COc1cccc(C(CNC(N)=NCc2ccc(OC)c(OC)c2)N(C)C)c1.I. The van der Waals surface area contributed by atoms with Crippen LogP contribution in [0, 0.1) is 0 Å². The Hall–Kier alpha value is -2.20. The van der Waals surface area contributed by atoms with Crippen molar-refractivity contribution in [3.05, 3.63) is 53.6 Å². The number of benzene rings is 2. The number of aliphatic imine (C=N–C) groups is 1. The van der Waals surface area contributed by atoms with Crippen molar-refractivity contribution in [1.29, 1.82) is 0 Å². The highest BCUT2D eigenvalue weighted by atomic mass is 127. The number of likely N-dealkylation sites (N-methyl/N-ethyl adjacent to an activating group) is 1. The molecule has 0 amide bonds. The van der Waals surface area contributed by atoms with Gasteiger partial charge in [-0.05, 0) is 49.5 Å². The first-order valence-electron chi connectivity index (χ1n) is 9.03. The quantitative estimate of drug-likeness (QED) is 0.304. The van der Waals surface area contributed by atoms with Gasteiger partial charge in [0, 0.05) is 6.54 Å². The number of nitrogens with two attached hydrogens (primary N) is 1. The van der Waals surface area contributed by atoms with Gasteiger partial charge in [-0.2, -0.15) is 0 Å². The molecule has 1 atom stereocenters. The van der Waals surface area contributed by atoms with E-state index in [9.17, 15) is 0 Å². The summed E-state index contributed by atoms with van der Waals surface area (Å²) in [6.45, 7) is 1.08. The molecule has 0 fully saturated rings. The molecule has 2 aromatic rings. The zero-order valence-electron chi connectivity index (χ0n) is 17.6. The normalized spacial score (nSPS) is 12.1. The van der Waals surface area contributed by atoms with E-state index in [0.717, 1.165) is 16.9 Å². The van der Waals surface area contributed by atoms with Gasteiger partial charge in [0.1, 0.15) is 5.75 Å². The fourth-order valence-corrected chi connectivity index (χ4v) is 2.86. The van der Waals surface area contributed by atoms with E-state index in [0.29, 0.717) is 30.5 Å².